The zero-order valence-electron chi connectivity index (χ0n) is 11.2. The number of hydrogen-bond donors (Lipinski definition) is 0. The van der Waals surface area contributed by atoms with Gasteiger partial charge in [0, 0.05) is 19.0 Å². The van der Waals surface area contributed by atoms with Crippen LogP contribution in [0, 0.1) is 12.8 Å². The SMILES string of the molecule is Cc1cc(N2CCCC(CCCl)C2)n2ncnc2c1. The van der Waals surface area contributed by atoms with Crippen LogP contribution in [-0.2, 0) is 0 Å². The summed E-state index contributed by atoms with van der Waals surface area (Å²) in [4.78, 5) is 6.72. The molecule has 5 heteroatoms. The molecule has 0 saturated carbocycles. The van der Waals surface area contributed by atoms with Crippen molar-refractivity contribution < 1.29 is 0 Å². The van der Waals surface area contributed by atoms with Crippen molar-refractivity contribution in [3.8, 4) is 0 Å². The Balaban J connectivity index is 1.92. The fourth-order valence-electron chi connectivity index (χ4n) is 2.92. The lowest BCUT2D eigenvalue weighted by Crippen LogP contribution is -2.36. The van der Waals surface area contributed by atoms with Crippen LogP contribution in [0.2, 0.25) is 0 Å². The van der Waals surface area contributed by atoms with Gasteiger partial charge in [-0.25, -0.2) is 4.98 Å². The van der Waals surface area contributed by atoms with Crippen LogP contribution in [0.5, 0.6) is 0 Å². The fourth-order valence-corrected chi connectivity index (χ4v) is 3.23. The van der Waals surface area contributed by atoms with Crippen molar-refractivity contribution in [2.24, 2.45) is 5.92 Å². The molecule has 0 spiro atoms. The molecule has 4 nitrogen and oxygen atoms in total. The molecule has 2 aromatic heterocycles. The second-order valence-electron chi connectivity index (χ2n) is 5.35. The minimum absolute atomic E-state index is 0.699. The Labute approximate surface area is 118 Å². The van der Waals surface area contributed by atoms with E-state index in [1.54, 1.807) is 6.33 Å². The molecule has 0 radical (unpaired) electrons. The van der Waals surface area contributed by atoms with E-state index < -0.39 is 0 Å². The Hall–Kier alpha value is -1.29. The highest BCUT2D eigenvalue weighted by atomic mass is 35.5. The van der Waals surface area contributed by atoms with E-state index in [1.807, 2.05) is 4.52 Å². The number of anilines is 1. The number of nitrogens with zero attached hydrogens (tertiary/aromatic N) is 4. The summed E-state index contributed by atoms with van der Waals surface area (Å²) in [6.45, 7) is 4.28. The van der Waals surface area contributed by atoms with Crippen LogP contribution >= 0.6 is 11.6 Å². The molecule has 0 amide bonds. The van der Waals surface area contributed by atoms with Gasteiger partial charge in [-0.2, -0.15) is 9.61 Å². The standard InChI is InChI=1S/C14H19ClN4/c1-11-7-13-16-10-17-19(13)14(8-11)18-6-2-3-12(9-18)4-5-15/h7-8,10,12H,2-6,9H2,1H3. The molecule has 1 atom stereocenters. The Kier molecular flexibility index (Phi) is 3.60. The normalized spacial score (nSPS) is 20.1. The number of aromatic nitrogens is 3. The first-order chi connectivity index (χ1) is 9.28. The first-order valence-electron chi connectivity index (χ1n) is 6.89. The molecule has 1 unspecified atom stereocenters. The molecule has 2 aromatic rings. The maximum Gasteiger partial charge on any atom is 0.157 e. The highest BCUT2D eigenvalue weighted by Crippen LogP contribution is 2.26. The van der Waals surface area contributed by atoms with Gasteiger partial charge in [-0.05, 0) is 49.8 Å². The summed E-state index contributed by atoms with van der Waals surface area (Å²) in [6.07, 6.45) is 5.24. The van der Waals surface area contributed by atoms with E-state index in [4.69, 9.17) is 11.6 Å². The lowest BCUT2D eigenvalue weighted by Gasteiger charge is -2.34. The molecule has 0 aromatic carbocycles. The lowest BCUT2D eigenvalue weighted by molar-refractivity contribution is 0.403. The summed E-state index contributed by atoms with van der Waals surface area (Å²) in [5, 5.41) is 4.34. The third kappa shape index (κ3) is 2.54. The highest BCUT2D eigenvalue weighted by Gasteiger charge is 2.21. The summed E-state index contributed by atoms with van der Waals surface area (Å²) in [5.74, 6) is 2.61. The minimum Gasteiger partial charge on any atom is -0.356 e. The van der Waals surface area contributed by atoms with E-state index in [-0.39, 0.29) is 0 Å². The van der Waals surface area contributed by atoms with Crippen LogP contribution in [0.1, 0.15) is 24.8 Å². The number of halogens is 1. The topological polar surface area (TPSA) is 33.4 Å². The van der Waals surface area contributed by atoms with Crippen LogP contribution < -0.4 is 4.90 Å². The van der Waals surface area contributed by atoms with Gasteiger partial charge in [-0.15, -0.1) is 11.6 Å². The van der Waals surface area contributed by atoms with E-state index in [9.17, 15) is 0 Å². The summed E-state index contributed by atoms with van der Waals surface area (Å²) in [6, 6.07) is 4.27. The number of aryl methyl sites for hydroxylation is 1. The molecule has 3 rings (SSSR count). The molecule has 102 valence electrons. The molecule has 1 saturated heterocycles. The van der Waals surface area contributed by atoms with Crippen LogP contribution in [-0.4, -0.2) is 33.6 Å². The van der Waals surface area contributed by atoms with Gasteiger partial charge in [0.25, 0.3) is 0 Å². The Morgan fingerprint density at radius 3 is 3.16 bits per heavy atom. The number of rotatable bonds is 3. The van der Waals surface area contributed by atoms with Crippen LogP contribution in [0.25, 0.3) is 5.65 Å². The van der Waals surface area contributed by atoms with E-state index in [0.29, 0.717) is 5.92 Å². The third-order valence-corrected chi connectivity index (χ3v) is 4.08. The molecule has 1 fully saturated rings. The molecule has 1 aliphatic rings. The number of piperidine rings is 1. The van der Waals surface area contributed by atoms with Crippen molar-refractivity contribution in [2.45, 2.75) is 26.2 Å². The summed E-state index contributed by atoms with van der Waals surface area (Å²) in [5.41, 5.74) is 2.16. The fraction of sp³-hybridized carbons (Fsp3) is 0.571. The first kappa shape index (κ1) is 12.7. The molecule has 19 heavy (non-hydrogen) atoms. The van der Waals surface area contributed by atoms with E-state index >= 15 is 0 Å². The predicted octanol–water partition coefficient (Wildman–Crippen LogP) is 2.88. The van der Waals surface area contributed by atoms with Crippen LogP contribution in [0.4, 0.5) is 5.82 Å². The van der Waals surface area contributed by atoms with Gasteiger partial charge in [0.1, 0.15) is 12.1 Å². The molecular formula is C14H19ClN4. The van der Waals surface area contributed by atoms with Crippen LogP contribution in [0.3, 0.4) is 0 Å². The largest absolute Gasteiger partial charge is 0.356 e. The van der Waals surface area contributed by atoms with Gasteiger partial charge in [0.15, 0.2) is 5.65 Å². The zero-order valence-corrected chi connectivity index (χ0v) is 12.0. The summed E-state index contributed by atoms with van der Waals surface area (Å²) in [7, 11) is 0. The van der Waals surface area contributed by atoms with E-state index in [1.165, 1.54) is 18.4 Å². The van der Waals surface area contributed by atoms with Crippen molar-refractivity contribution >= 4 is 23.1 Å². The van der Waals surface area contributed by atoms with E-state index in [2.05, 4.69) is 34.0 Å². The average molecular weight is 279 g/mol. The van der Waals surface area contributed by atoms with Gasteiger partial charge in [-0.3, -0.25) is 0 Å². The van der Waals surface area contributed by atoms with Crippen molar-refractivity contribution in [1.82, 2.24) is 14.6 Å². The Bertz CT molecular complexity index is 564. The predicted molar refractivity (Wildman–Crippen MR) is 78.0 cm³/mol. The number of alkyl halides is 1. The molecule has 0 aliphatic carbocycles. The molecule has 0 bridgehead atoms. The molecule has 1 aliphatic heterocycles. The number of fused-ring (bicyclic) bond motifs is 1. The Morgan fingerprint density at radius 1 is 1.42 bits per heavy atom. The smallest absolute Gasteiger partial charge is 0.157 e. The zero-order chi connectivity index (χ0) is 13.2. The second-order valence-corrected chi connectivity index (χ2v) is 5.73. The monoisotopic (exact) mass is 278 g/mol. The van der Waals surface area contributed by atoms with Crippen molar-refractivity contribution in [2.75, 3.05) is 23.9 Å². The molecule has 0 N–H and O–H groups in total. The van der Waals surface area contributed by atoms with Gasteiger partial charge in [0.05, 0.1) is 0 Å². The number of pyridine rings is 1. The third-order valence-electron chi connectivity index (χ3n) is 3.87. The van der Waals surface area contributed by atoms with Crippen molar-refractivity contribution in [3.63, 3.8) is 0 Å². The molecular weight excluding hydrogens is 260 g/mol. The second kappa shape index (κ2) is 5.37. The maximum absolute atomic E-state index is 5.89. The number of hydrogen-bond acceptors (Lipinski definition) is 3. The summed E-state index contributed by atoms with van der Waals surface area (Å²) >= 11 is 5.89. The van der Waals surface area contributed by atoms with Gasteiger partial charge in [-0.1, -0.05) is 0 Å². The van der Waals surface area contributed by atoms with Gasteiger partial charge >= 0.3 is 0 Å². The Morgan fingerprint density at radius 2 is 2.32 bits per heavy atom. The molecule has 3 heterocycles. The lowest BCUT2D eigenvalue weighted by atomic mass is 9.95. The van der Waals surface area contributed by atoms with Gasteiger partial charge < -0.3 is 4.90 Å². The van der Waals surface area contributed by atoms with Crippen molar-refractivity contribution in [3.05, 3.63) is 24.0 Å². The van der Waals surface area contributed by atoms with Crippen LogP contribution in [0.15, 0.2) is 18.5 Å². The maximum atomic E-state index is 5.89. The average Bonchev–Trinajstić information content (AvgIpc) is 2.86. The highest BCUT2D eigenvalue weighted by molar-refractivity contribution is 6.17. The van der Waals surface area contributed by atoms with E-state index in [0.717, 1.165) is 36.9 Å². The summed E-state index contributed by atoms with van der Waals surface area (Å²) < 4.78 is 1.94. The van der Waals surface area contributed by atoms with Crippen molar-refractivity contribution in [1.29, 1.82) is 0 Å². The first-order valence-corrected chi connectivity index (χ1v) is 7.42. The van der Waals surface area contributed by atoms with Gasteiger partial charge in [0.2, 0.25) is 0 Å². The minimum atomic E-state index is 0.699. The quantitative estimate of drug-likeness (QED) is 0.810.